The molecule has 3 aromatic rings. The molecular formula is C17H16F5N5. The van der Waals surface area contributed by atoms with Gasteiger partial charge in [0, 0.05) is 5.54 Å². The first-order valence-corrected chi connectivity index (χ1v) is 8.00. The molecule has 27 heavy (non-hydrogen) atoms. The van der Waals surface area contributed by atoms with Crippen molar-refractivity contribution in [3.8, 4) is 0 Å². The van der Waals surface area contributed by atoms with E-state index in [1.807, 2.05) is 13.8 Å². The molecule has 0 fully saturated rings. The van der Waals surface area contributed by atoms with Gasteiger partial charge >= 0.3 is 6.18 Å². The third-order valence-electron chi connectivity index (χ3n) is 3.88. The number of nitrogens with one attached hydrogen (secondary N) is 1. The van der Waals surface area contributed by atoms with Gasteiger partial charge < -0.3 is 5.32 Å². The van der Waals surface area contributed by atoms with E-state index in [9.17, 15) is 22.0 Å². The maximum absolute atomic E-state index is 12.9. The molecule has 0 radical (unpaired) electrons. The largest absolute Gasteiger partial charge is 0.416 e. The van der Waals surface area contributed by atoms with Crippen LogP contribution in [0.15, 0.2) is 36.4 Å². The topological polar surface area (TPSA) is 55.1 Å². The van der Waals surface area contributed by atoms with Crippen molar-refractivity contribution in [2.45, 2.75) is 38.4 Å². The quantitative estimate of drug-likeness (QED) is 0.657. The smallest absolute Gasteiger partial charge is 0.363 e. The first-order valence-electron chi connectivity index (χ1n) is 8.00. The van der Waals surface area contributed by atoms with Crippen LogP contribution >= 0.6 is 0 Å². The fraction of sp³-hybridized carbons (Fsp3) is 0.353. The van der Waals surface area contributed by atoms with E-state index >= 15 is 0 Å². The predicted octanol–water partition coefficient (Wildman–Crippen LogP) is 4.51. The van der Waals surface area contributed by atoms with E-state index in [1.165, 1.54) is 18.2 Å². The summed E-state index contributed by atoms with van der Waals surface area (Å²) in [5.74, 6) is -0.240. The molecule has 1 N–H and O–H groups in total. The van der Waals surface area contributed by atoms with Crippen molar-refractivity contribution in [3.05, 3.63) is 53.3 Å². The third kappa shape index (κ3) is 4.32. The van der Waals surface area contributed by atoms with E-state index in [4.69, 9.17) is 0 Å². The summed E-state index contributed by atoms with van der Waals surface area (Å²) in [4.78, 5) is 0. The van der Waals surface area contributed by atoms with E-state index < -0.39 is 29.5 Å². The number of rotatable bonds is 5. The van der Waals surface area contributed by atoms with E-state index in [-0.39, 0.29) is 5.65 Å². The van der Waals surface area contributed by atoms with E-state index in [1.54, 1.807) is 6.07 Å². The van der Waals surface area contributed by atoms with Gasteiger partial charge in [-0.1, -0.05) is 12.1 Å². The first kappa shape index (κ1) is 19.0. The molecule has 144 valence electrons. The molecule has 5 nitrogen and oxygen atoms in total. The van der Waals surface area contributed by atoms with Crippen molar-refractivity contribution < 1.29 is 22.0 Å². The number of benzene rings is 1. The molecule has 0 aliphatic heterocycles. The molecule has 0 spiro atoms. The van der Waals surface area contributed by atoms with Crippen LogP contribution in [0.2, 0.25) is 0 Å². The minimum Gasteiger partial charge on any atom is -0.363 e. The van der Waals surface area contributed by atoms with Crippen LogP contribution in [0.25, 0.3) is 5.65 Å². The zero-order valence-corrected chi connectivity index (χ0v) is 14.4. The molecule has 0 bridgehead atoms. The van der Waals surface area contributed by atoms with Gasteiger partial charge in [-0.25, -0.2) is 8.78 Å². The van der Waals surface area contributed by atoms with E-state index in [2.05, 4.69) is 20.6 Å². The molecule has 0 saturated heterocycles. The molecule has 0 unspecified atom stereocenters. The van der Waals surface area contributed by atoms with Crippen LogP contribution in [-0.2, 0) is 12.6 Å². The number of hydrogen-bond donors (Lipinski definition) is 1. The average molecular weight is 385 g/mol. The van der Waals surface area contributed by atoms with Gasteiger partial charge in [-0.3, -0.25) is 0 Å². The first-order chi connectivity index (χ1) is 12.5. The van der Waals surface area contributed by atoms with Crippen molar-refractivity contribution in [2.24, 2.45) is 0 Å². The number of nitrogens with zero attached hydrogens (tertiary/aromatic N) is 4. The number of aromatic nitrogens is 4. The highest BCUT2D eigenvalue weighted by molar-refractivity contribution is 5.45. The van der Waals surface area contributed by atoms with Crippen LogP contribution in [0.1, 0.15) is 37.2 Å². The van der Waals surface area contributed by atoms with E-state index in [0.29, 0.717) is 17.8 Å². The Morgan fingerprint density at radius 1 is 1.00 bits per heavy atom. The second-order valence-electron chi connectivity index (χ2n) is 6.73. The lowest BCUT2D eigenvalue weighted by Crippen LogP contribution is -2.34. The number of fused-ring (bicyclic) bond motifs is 1. The molecule has 2 aromatic heterocycles. The number of halogens is 5. The van der Waals surface area contributed by atoms with Gasteiger partial charge in [0.15, 0.2) is 5.65 Å². The van der Waals surface area contributed by atoms with Crippen LogP contribution in [0.4, 0.5) is 27.8 Å². The normalized spacial score (nSPS) is 12.7. The standard InChI is InChI=1S/C17H16F5N5/c1-16(2,9-10-3-5-11(6-4-10)17(20,21)22)23-12-7-8-13-24-25-15(14(18)19)27(13)26-12/h3-8,14H,9H2,1-2H3,(H,23,26). The molecule has 1 aromatic carbocycles. The Bertz CT molecular complexity index is 931. The Hall–Kier alpha value is -2.78. The Labute approximate surface area is 151 Å². The average Bonchev–Trinajstić information content (AvgIpc) is 2.97. The summed E-state index contributed by atoms with van der Waals surface area (Å²) in [7, 11) is 0. The minimum absolute atomic E-state index is 0.191. The maximum Gasteiger partial charge on any atom is 0.416 e. The summed E-state index contributed by atoms with van der Waals surface area (Å²) in [5.41, 5.74) is -0.425. The highest BCUT2D eigenvalue weighted by Gasteiger charge is 2.30. The molecular weight excluding hydrogens is 369 g/mol. The van der Waals surface area contributed by atoms with Gasteiger partial charge in [0.1, 0.15) is 5.82 Å². The minimum atomic E-state index is -4.38. The van der Waals surface area contributed by atoms with Gasteiger partial charge in [-0.05, 0) is 50.1 Å². The Kier molecular flexibility index (Phi) is 4.75. The van der Waals surface area contributed by atoms with Crippen LogP contribution in [0, 0.1) is 0 Å². The van der Waals surface area contributed by atoms with Crippen LogP contribution in [0.3, 0.4) is 0 Å². The SMILES string of the molecule is CC(C)(Cc1ccc(C(F)(F)F)cc1)Nc1ccc2nnc(C(F)F)n2n1. The monoisotopic (exact) mass is 385 g/mol. The van der Waals surface area contributed by atoms with Crippen LogP contribution in [0.5, 0.6) is 0 Å². The molecule has 0 atom stereocenters. The van der Waals surface area contributed by atoms with E-state index in [0.717, 1.165) is 16.6 Å². The van der Waals surface area contributed by atoms with Crippen molar-refractivity contribution >= 4 is 11.5 Å². The van der Waals surface area contributed by atoms with Crippen molar-refractivity contribution in [1.29, 1.82) is 0 Å². The molecule has 0 aliphatic rings. The second kappa shape index (κ2) is 6.75. The van der Waals surface area contributed by atoms with Gasteiger partial charge in [-0.15, -0.1) is 15.3 Å². The third-order valence-corrected chi connectivity index (χ3v) is 3.88. The molecule has 0 amide bonds. The maximum atomic E-state index is 12.9. The fourth-order valence-electron chi connectivity index (χ4n) is 2.72. The molecule has 0 aliphatic carbocycles. The Morgan fingerprint density at radius 3 is 2.26 bits per heavy atom. The molecule has 0 saturated carbocycles. The summed E-state index contributed by atoms with van der Waals surface area (Å²) in [5, 5.41) is 14.2. The summed E-state index contributed by atoms with van der Waals surface area (Å²) >= 11 is 0. The highest BCUT2D eigenvalue weighted by Crippen LogP contribution is 2.30. The van der Waals surface area contributed by atoms with Gasteiger partial charge in [-0.2, -0.15) is 17.7 Å². The number of anilines is 1. The molecule has 10 heteroatoms. The lowest BCUT2D eigenvalue weighted by Gasteiger charge is -2.27. The van der Waals surface area contributed by atoms with Crippen LogP contribution < -0.4 is 5.32 Å². The summed E-state index contributed by atoms with van der Waals surface area (Å²) in [6.45, 7) is 3.66. The predicted molar refractivity (Wildman–Crippen MR) is 88.6 cm³/mol. The van der Waals surface area contributed by atoms with Crippen molar-refractivity contribution in [3.63, 3.8) is 0 Å². The highest BCUT2D eigenvalue weighted by atomic mass is 19.4. The lowest BCUT2D eigenvalue weighted by molar-refractivity contribution is -0.137. The zero-order chi connectivity index (χ0) is 19.8. The zero-order valence-electron chi connectivity index (χ0n) is 14.4. The van der Waals surface area contributed by atoms with Crippen molar-refractivity contribution in [2.75, 3.05) is 5.32 Å². The summed E-state index contributed by atoms with van der Waals surface area (Å²) in [6.07, 6.45) is -6.80. The molecule has 3 rings (SSSR count). The lowest BCUT2D eigenvalue weighted by atomic mass is 9.94. The Morgan fingerprint density at radius 2 is 1.67 bits per heavy atom. The molecule has 2 heterocycles. The Balaban J connectivity index is 1.77. The fourth-order valence-corrected chi connectivity index (χ4v) is 2.72. The van der Waals surface area contributed by atoms with Crippen LogP contribution in [-0.4, -0.2) is 25.4 Å². The van der Waals surface area contributed by atoms with Gasteiger partial charge in [0.05, 0.1) is 5.56 Å². The summed E-state index contributed by atoms with van der Waals surface area (Å²) in [6, 6.07) is 7.97. The number of alkyl halides is 5. The van der Waals surface area contributed by atoms with Crippen molar-refractivity contribution in [1.82, 2.24) is 19.8 Å². The summed E-state index contributed by atoms with van der Waals surface area (Å²) < 4.78 is 64.8. The van der Waals surface area contributed by atoms with Gasteiger partial charge in [0.2, 0.25) is 5.82 Å². The number of hydrogen-bond acceptors (Lipinski definition) is 4. The second-order valence-corrected chi connectivity index (χ2v) is 6.73. The van der Waals surface area contributed by atoms with Gasteiger partial charge in [0.25, 0.3) is 6.43 Å².